The third kappa shape index (κ3) is 1.83. The van der Waals surface area contributed by atoms with Crippen LogP contribution in [0, 0.1) is 12.3 Å². The van der Waals surface area contributed by atoms with Gasteiger partial charge >= 0.3 is 5.97 Å². The Morgan fingerprint density at radius 1 is 1.53 bits per heavy atom. The lowest BCUT2D eigenvalue weighted by atomic mass is 9.90. The zero-order valence-electron chi connectivity index (χ0n) is 11.0. The van der Waals surface area contributed by atoms with E-state index in [2.05, 4.69) is 10.1 Å². The van der Waals surface area contributed by atoms with E-state index in [0.717, 1.165) is 17.0 Å². The van der Waals surface area contributed by atoms with Gasteiger partial charge < -0.3 is 10.0 Å². The summed E-state index contributed by atoms with van der Waals surface area (Å²) in [5.74, 6) is 0.0692. The van der Waals surface area contributed by atoms with E-state index in [1.807, 2.05) is 17.9 Å². The van der Waals surface area contributed by atoms with Crippen molar-refractivity contribution in [1.29, 1.82) is 0 Å². The van der Waals surface area contributed by atoms with Crippen LogP contribution < -0.4 is 4.90 Å². The Hall–Kier alpha value is -2.11. The summed E-state index contributed by atoms with van der Waals surface area (Å²) in [4.78, 5) is 17.7. The molecular weight excluding hydrogens is 244 g/mol. The van der Waals surface area contributed by atoms with Gasteiger partial charge in [-0.2, -0.15) is 5.10 Å². The molecule has 19 heavy (non-hydrogen) atoms. The molecule has 1 saturated heterocycles. The minimum Gasteiger partial charge on any atom is -0.481 e. The van der Waals surface area contributed by atoms with Gasteiger partial charge in [0.25, 0.3) is 0 Å². The van der Waals surface area contributed by atoms with Crippen LogP contribution >= 0.6 is 0 Å². The van der Waals surface area contributed by atoms with Crippen LogP contribution in [0.15, 0.2) is 18.5 Å². The predicted molar refractivity (Wildman–Crippen MR) is 70.3 cm³/mol. The highest BCUT2D eigenvalue weighted by Gasteiger charge is 2.41. The van der Waals surface area contributed by atoms with Crippen LogP contribution in [-0.2, 0) is 4.79 Å². The number of rotatable bonds is 2. The minimum atomic E-state index is -0.744. The number of carboxylic acid groups (broad SMARTS) is 1. The molecule has 100 valence electrons. The van der Waals surface area contributed by atoms with Gasteiger partial charge in [0.15, 0.2) is 5.82 Å². The van der Waals surface area contributed by atoms with Gasteiger partial charge in [0.2, 0.25) is 0 Å². The van der Waals surface area contributed by atoms with Crippen LogP contribution in [0.1, 0.15) is 19.0 Å². The van der Waals surface area contributed by atoms with Crippen molar-refractivity contribution in [1.82, 2.24) is 14.6 Å². The zero-order chi connectivity index (χ0) is 13.6. The summed E-state index contributed by atoms with van der Waals surface area (Å²) in [5.41, 5.74) is 1.16. The molecular formula is C13H16N4O2. The molecule has 0 saturated carbocycles. The van der Waals surface area contributed by atoms with Crippen molar-refractivity contribution in [2.24, 2.45) is 5.41 Å². The van der Waals surface area contributed by atoms with Crippen molar-refractivity contribution in [3.8, 4) is 0 Å². The van der Waals surface area contributed by atoms with Gasteiger partial charge in [-0.25, -0.2) is 9.50 Å². The molecule has 0 spiro atoms. The van der Waals surface area contributed by atoms with Crippen molar-refractivity contribution in [2.45, 2.75) is 20.3 Å². The second kappa shape index (κ2) is 3.94. The van der Waals surface area contributed by atoms with Crippen molar-refractivity contribution in [2.75, 3.05) is 18.0 Å². The number of nitrogens with zero attached hydrogens (tertiary/aromatic N) is 4. The second-order valence-corrected chi connectivity index (χ2v) is 5.40. The molecule has 1 unspecified atom stereocenters. The standard InChI is InChI=1S/C13H16N4O2/c1-9-7-10-11(14-4-6-17(10)15-9)16-5-3-13(2,8-16)12(18)19/h4,6-7H,3,5,8H2,1-2H3,(H,18,19). The zero-order valence-corrected chi connectivity index (χ0v) is 11.0. The van der Waals surface area contributed by atoms with E-state index in [4.69, 9.17) is 0 Å². The van der Waals surface area contributed by atoms with Crippen molar-refractivity contribution < 1.29 is 9.90 Å². The van der Waals surface area contributed by atoms with Gasteiger partial charge in [-0.3, -0.25) is 4.79 Å². The number of anilines is 1. The number of carboxylic acids is 1. The van der Waals surface area contributed by atoms with Crippen LogP contribution in [0.4, 0.5) is 5.82 Å². The first-order valence-corrected chi connectivity index (χ1v) is 6.29. The molecule has 1 aliphatic rings. The summed E-state index contributed by atoms with van der Waals surface area (Å²) in [6.45, 7) is 4.91. The minimum absolute atomic E-state index is 0.485. The van der Waals surface area contributed by atoms with Crippen LogP contribution in [0.25, 0.3) is 5.52 Å². The highest BCUT2D eigenvalue weighted by molar-refractivity contribution is 5.77. The molecule has 1 atom stereocenters. The van der Waals surface area contributed by atoms with Gasteiger partial charge in [0.05, 0.1) is 11.1 Å². The number of aryl methyl sites for hydroxylation is 1. The lowest BCUT2D eigenvalue weighted by Crippen LogP contribution is -2.32. The Morgan fingerprint density at radius 3 is 3.00 bits per heavy atom. The quantitative estimate of drug-likeness (QED) is 0.882. The van der Waals surface area contributed by atoms with Gasteiger partial charge in [-0.15, -0.1) is 0 Å². The highest BCUT2D eigenvalue weighted by atomic mass is 16.4. The summed E-state index contributed by atoms with van der Waals surface area (Å²) >= 11 is 0. The Labute approximate surface area is 110 Å². The van der Waals surface area contributed by atoms with Crippen LogP contribution in [0.3, 0.4) is 0 Å². The van der Waals surface area contributed by atoms with E-state index in [0.29, 0.717) is 19.5 Å². The summed E-state index contributed by atoms with van der Waals surface area (Å²) < 4.78 is 1.79. The Balaban J connectivity index is 2.00. The van der Waals surface area contributed by atoms with Crippen molar-refractivity contribution in [3.05, 3.63) is 24.2 Å². The molecule has 0 aliphatic carbocycles. The second-order valence-electron chi connectivity index (χ2n) is 5.40. The largest absolute Gasteiger partial charge is 0.481 e. The summed E-state index contributed by atoms with van der Waals surface area (Å²) in [7, 11) is 0. The molecule has 3 heterocycles. The molecule has 0 bridgehead atoms. The molecule has 3 rings (SSSR count). The molecule has 0 amide bonds. The lowest BCUT2D eigenvalue weighted by molar-refractivity contribution is -0.146. The first-order valence-electron chi connectivity index (χ1n) is 6.29. The van der Waals surface area contributed by atoms with E-state index in [9.17, 15) is 9.90 Å². The van der Waals surface area contributed by atoms with Gasteiger partial charge in [-0.1, -0.05) is 0 Å². The summed E-state index contributed by atoms with van der Waals surface area (Å²) in [5, 5.41) is 13.6. The first kappa shape index (κ1) is 12.0. The van der Waals surface area contributed by atoms with E-state index in [-0.39, 0.29) is 0 Å². The molecule has 1 N–H and O–H groups in total. The predicted octanol–water partition coefficient (Wildman–Crippen LogP) is 1.34. The van der Waals surface area contributed by atoms with Gasteiger partial charge in [0, 0.05) is 25.5 Å². The SMILES string of the molecule is Cc1cc2c(N3CCC(C)(C(=O)O)C3)nccn2n1. The smallest absolute Gasteiger partial charge is 0.311 e. The number of aliphatic carboxylic acids is 1. The average molecular weight is 260 g/mol. The lowest BCUT2D eigenvalue weighted by Gasteiger charge is -2.21. The molecule has 2 aromatic rings. The number of fused-ring (bicyclic) bond motifs is 1. The van der Waals surface area contributed by atoms with Gasteiger partial charge in [-0.05, 0) is 26.3 Å². The van der Waals surface area contributed by atoms with Crippen LogP contribution in [0.5, 0.6) is 0 Å². The fraction of sp³-hybridized carbons (Fsp3) is 0.462. The Kier molecular flexibility index (Phi) is 2.48. The third-order valence-corrected chi connectivity index (χ3v) is 3.78. The average Bonchev–Trinajstić information content (AvgIpc) is 2.91. The van der Waals surface area contributed by atoms with Gasteiger partial charge in [0.1, 0.15) is 5.52 Å². The number of hydrogen-bond acceptors (Lipinski definition) is 4. The fourth-order valence-electron chi connectivity index (χ4n) is 2.59. The number of hydrogen-bond donors (Lipinski definition) is 1. The summed E-state index contributed by atoms with van der Waals surface area (Å²) in [6, 6.07) is 1.97. The molecule has 1 aliphatic heterocycles. The third-order valence-electron chi connectivity index (χ3n) is 3.78. The molecule has 0 aromatic carbocycles. The van der Waals surface area contributed by atoms with Crippen LogP contribution in [0.2, 0.25) is 0 Å². The van der Waals surface area contributed by atoms with E-state index < -0.39 is 11.4 Å². The maximum Gasteiger partial charge on any atom is 0.311 e. The molecule has 2 aromatic heterocycles. The fourth-order valence-corrected chi connectivity index (χ4v) is 2.59. The number of carbonyl (C=O) groups is 1. The Bertz CT molecular complexity index is 651. The molecule has 6 nitrogen and oxygen atoms in total. The number of aromatic nitrogens is 3. The maximum atomic E-state index is 11.3. The Morgan fingerprint density at radius 2 is 2.32 bits per heavy atom. The van der Waals surface area contributed by atoms with Crippen molar-refractivity contribution in [3.63, 3.8) is 0 Å². The summed E-state index contributed by atoms with van der Waals surface area (Å²) in [6.07, 6.45) is 4.14. The first-order chi connectivity index (χ1) is 8.99. The maximum absolute atomic E-state index is 11.3. The molecule has 0 radical (unpaired) electrons. The molecule has 6 heteroatoms. The topological polar surface area (TPSA) is 70.7 Å². The van der Waals surface area contributed by atoms with E-state index in [1.165, 1.54) is 0 Å². The normalized spacial score (nSPS) is 23.2. The van der Waals surface area contributed by atoms with Crippen LogP contribution in [-0.4, -0.2) is 38.8 Å². The monoisotopic (exact) mass is 260 g/mol. The van der Waals surface area contributed by atoms with E-state index in [1.54, 1.807) is 23.8 Å². The highest BCUT2D eigenvalue weighted by Crippen LogP contribution is 2.34. The molecule has 1 fully saturated rings. The van der Waals surface area contributed by atoms with E-state index >= 15 is 0 Å². The van der Waals surface area contributed by atoms with Crippen molar-refractivity contribution >= 4 is 17.3 Å².